The molecule has 3 N–H and O–H groups in total. The van der Waals surface area contributed by atoms with Crippen molar-refractivity contribution in [2.75, 3.05) is 16.8 Å². The van der Waals surface area contributed by atoms with Gasteiger partial charge in [0.1, 0.15) is 18.1 Å². The first-order valence-corrected chi connectivity index (χ1v) is 19.4. The van der Waals surface area contributed by atoms with Gasteiger partial charge in [0, 0.05) is 21.4 Å². The molecule has 0 radical (unpaired) electrons. The number of benzene rings is 5. The standard InChI is InChI=1S/C45H40BBrN2O6/c47-33-17-22-40(50)31(25-33)24-30(29-10-4-1-5-11-29)16-23-41-42-32(28-54-37-14-8-3-9-15-37)26-38-43(39(42)27-46(53)55-41)45(52)49(44(38)51)36-20-18-35(19-21-36)48-34-12-6-2-7-13-34/h1-15,17-22,24-25,38-39,41,43,48,50,53H,16,23,26-28H2/b30-24-/t38-,39+,41-,43-/m1/s1. The fourth-order valence-corrected chi connectivity index (χ4v) is 8.67. The van der Waals surface area contributed by atoms with E-state index in [1.807, 2.05) is 115 Å². The summed E-state index contributed by atoms with van der Waals surface area (Å²) in [5.41, 5.74) is 6.80. The highest BCUT2D eigenvalue weighted by atomic mass is 79.9. The van der Waals surface area contributed by atoms with Crippen molar-refractivity contribution in [3.8, 4) is 11.5 Å². The van der Waals surface area contributed by atoms with Crippen LogP contribution in [0.5, 0.6) is 11.5 Å². The second kappa shape index (κ2) is 16.1. The lowest BCUT2D eigenvalue weighted by atomic mass is 9.58. The van der Waals surface area contributed by atoms with E-state index in [1.165, 1.54) is 4.90 Å². The van der Waals surface area contributed by atoms with E-state index in [4.69, 9.17) is 9.39 Å². The highest BCUT2D eigenvalue weighted by Gasteiger charge is 2.57. The predicted molar refractivity (Wildman–Crippen MR) is 220 cm³/mol. The summed E-state index contributed by atoms with van der Waals surface area (Å²) in [6.45, 7) is 0.226. The molecule has 8 rings (SSSR count). The van der Waals surface area contributed by atoms with Crippen LogP contribution in [-0.4, -0.2) is 41.8 Å². The largest absolute Gasteiger partial charge is 0.507 e. The molecule has 0 saturated carbocycles. The molecule has 2 fully saturated rings. The summed E-state index contributed by atoms with van der Waals surface area (Å²) >= 11 is 3.53. The van der Waals surface area contributed by atoms with Gasteiger partial charge < -0.3 is 24.8 Å². The third-order valence-electron chi connectivity index (χ3n) is 10.8. The number of aromatic hydroxyl groups is 1. The lowest BCUT2D eigenvalue weighted by Crippen LogP contribution is -2.46. The Balaban J connectivity index is 1.11. The molecular formula is C45H40BBrN2O6. The smallest absolute Gasteiger partial charge is 0.455 e. The number of hydrogen-bond acceptors (Lipinski definition) is 7. The maximum Gasteiger partial charge on any atom is 0.455 e. The van der Waals surface area contributed by atoms with Crippen LogP contribution < -0.4 is 15.0 Å². The third kappa shape index (κ3) is 7.89. The van der Waals surface area contributed by atoms with E-state index in [9.17, 15) is 19.7 Å². The van der Waals surface area contributed by atoms with Crippen LogP contribution in [-0.2, 0) is 14.2 Å². The van der Waals surface area contributed by atoms with E-state index >= 15 is 0 Å². The molecule has 2 amide bonds. The second-order valence-corrected chi connectivity index (χ2v) is 15.2. The SMILES string of the molecule is O=C1[C@@H]2[C@@H](CC(COc3ccccc3)=C3[C@@H](CC/C(=C/c4cc(Br)ccc4O)c4ccccc4)OB(O)C[C@@H]32)C(=O)N1c1ccc(Nc2ccccc2)cc1. The molecule has 0 spiro atoms. The van der Waals surface area contributed by atoms with Crippen LogP contribution in [0.1, 0.15) is 30.4 Å². The molecule has 3 aliphatic rings. The molecule has 4 atom stereocenters. The van der Waals surface area contributed by atoms with Gasteiger partial charge in [-0.1, -0.05) is 82.7 Å². The number of anilines is 3. The molecule has 1 aliphatic carbocycles. The number of phenols is 1. The molecule has 5 aromatic carbocycles. The number of ether oxygens (including phenoxy) is 1. The average molecular weight is 796 g/mol. The number of allylic oxidation sites excluding steroid dienone is 1. The highest BCUT2D eigenvalue weighted by Crippen LogP contribution is 2.51. The van der Waals surface area contributed by atoms with Crippen molar-refractivity contribution < 1.29 is 29.1 Å². The quantitative estimate of drug-likeness (QED) is 0.0530. The summed E-state index contributed by atoms with van der Waals surface area (Å²) in [5.74, 6) is -1.29. The number of rotatable bonds is 11. The Kier molecular flexibility index (Phi) is 10.7. The predicted octanol–water partition coefficient (Wildman–Crippen LogP) is 9.30. The van der Waals surface area contributed by atoms with E-state index in [-0.39, 0.29) is 30.5 Å². The van der Waals surface area contributed by atoms with Crippen molar-refractivity contribution in [1.82, 2.24) is 0 Å². The molecule has 0 aromatic heterocycles. The molecule has 8 nitrogen and oxygen atoms in total. The number of fused-ring (bicyclic) bond motifs is 3. The van der Waals surface area contributed by atoms with Gasteiger partial charge in [-0.2, -0.15) is 0 Å². The molecule has 2 aliphatic heterocycles. The molecule has 5 aromatic rings. The van der Waals surface area contributed by atoms with Gasteiger partial charge in [-0.3, -0.25) is 14.5 Å². The molecule has 55 heavy (non-hydrogen) atoms. The van der Waals surface area contributed by atoms with Gasteiger partial charge >= 0.3 is 7.12 Å². The van der Waals surface area contributed by atoms with Crippen LogP contribution in [0.4, 0.5) is 17.1 Å². The summed E-state index contributed by atoms with van der Waals surface area (Å²) < 4.78 is 13.5. The molecule has 276 valence electrons. The Hall–Kier alpha value is -5.42. The zero-order chi connectivity index (χ0) is 37.9. The first-order valence-electron chi connectivity index (χ1n) is 18.6. The van der Waals surface area contributed by atoms with E-state index in [0.717, 1.165) is 38.1 Å². The highest BCUT2D eigenvalue weighted by molar-refractivity contribution is 9.10. The molecule has 2 saturated heterocycles. The van der Waals surface area contributed by atoms with Crippen molar-refractivity contribution in [3.63, 3.8) is 0 Å². The van der Waals surface area contributed by atoms with Crippen molar-refractivity contribution in [2.24, 2.45) is 17.8 Å². The van der Waals surface area contributed by atoms with Crippen molar-refractivity contribution in [1.29, 1.82) is 0 Å². The molecule has 0 bridgehead atoms. The van der Waals surface area contributed by atoms with E-state index in [0.29, 0.717) is 36.3 Å². The zero-order valence-corrected chi connectivity index (χ0v) is 31.6. The molecule has 10 heteroatoms. The summed E-state index contributed by atoms with van der Waals surface area (Å²) in [7, 11) is -1.12. The number of nitrogens with one attached hydrogen (secondary N) is 1. The third-order valence-corrected chi connectivity index (χ3v) is 11.3. The zero-order valence-electron chi connectivity index (χ0n) is 30.1. The fraction of sp³-hybridized carbons (Fsp3) is 0.200. The minimum atomic E-state index is -1.12. The van der Waals surface area contributed by atoms with Gasteiger partial charge in [0.05, 0.1) is 23.6 Å². The summed E-state index contributed by atoms with van der Waals surface area (Å²) in [6.07, 6.45) is 3.03. The molecule has 2 heterocycles. The monoisotopic (exact) mass is 794 g/mol. The lowest BCUT2D eigenvalue weighted by molar-refractivity contribution is -0.122. The minimum absolute atomic E-state index is 0.165. The lowest BCUT2D eigenvalue weighted by Gasteiger charge is -2.43. The van der Waals surface area contributed by atoms with Gasteiger partial charge in [0.2, 0.25) is 11.8 Å². The number of phenolic OH excluding ortho intramolecular Hbond substituents is 1. The summed E-state index contributed by atoms with van der Waals surface area (Å²) in [6, 6.07) is 42.0. The van der Waals surface area contributed by atoms with Gasteiger partial charge in [0.15, 0.2) is 0 Å². The van der Waals surface area contributed by atoms with Crippen LogP contribution in [0.25, 0.3) is 11.6 Å². The topological polar surface area (TPSA) is 108 Å². The van der Waals surface area contributed by atoms with Gasteiger partial charge in [0.25, 0.3) is 0 Å². The number of nitrogens with zero attached hydrogens (tertiary/aromatic N) is 1. The second-order valence-electron chi connectivity index (χ2n) is 14.2. The normalized spacial score (nSPS) is 21.0. The Morgan fingerprint density at radius 2 is 1.53 bits per heavy atom. The number of halogens is 1. The van der Waals surface area contributed by atoms with Crippen LogP contribution >= 0.6 is 15.9 Å². The number of para-hydroxylation sites is 2. The van der Waals surface area contributed by atoms with Crippen LogP contribution in [0.3, 0.4) is 0 Å². The number of carbonyl (C=O) groups is 2. The van der Waals surface area contributed by atoms with Gasteiger partial charge in [-0.25, -0.2) is 0 Å². The fourth-order valence-electron chi connectivity index (χ4n) is 8.29. The molecule has 0 unspecified atom stereocenters. The van der Waals surface area contributed by atoms with E-state index in [1.54, 1.807) is 24.3 Å². The number of amides is 2. The maximum atomic E-state index is 14.5. The summed E-state index contributed by atoms with van der Waals surface area (Å²) in [5, 5.41) is 25.3. The Labute approximate surface area is 329 Å². The Morgan fingerprint density at radius 3 is 2.25 bits per heavy atom. The molecular weight excluding hydrogens is 755 g/mol. The number of carbonyl (C=O) groups excluding carboxylic acids is 2. The van der Waals surface area contributed by atoms with Gasteiger partial charge in [-0.05, 0) is 127 Å². The maximum absolute atomic E-state index is 14.5. The number of hydrogen-bond donors (Lipinski definition) is 3. The van der Waals surface area contributed by atoms with E-state index in [2.05, 4.69) is 21.2 Å². The van der Waals surface area contributed by atoms with Crippen molar-refractivity contribution in [3.05, 3.63) is 160 Å². The number of imide groups is 1. The van der Waals surface area contributed by atoms with Crippen LogP contribution in [0.2, 0.25) is 6.32 Å². The van der Waals surface area contributed by atoms with E-state index < -0.39 is 31.0 Å². The first-order chi connectivity index (χ1) is 26.8. The minimum Gasteiger partial charge on any atom is -0.507 e. The van der Waals surface area contributed by atoms with Crippen molar-refractivity contribution in [2.45, 2.75) is 31.7 Å². The Morgan fingerprint density at radius 1 is 0.855 bits per heavy atom. The van der Waals surface area contributed by atoms with Crippen LogP contribution in [0, 0.1) is 17.8 Å². The van der Waals surface area contributed by atoms with Crippen LogP contribution in [0.15, 0.2) is 149 Å². The average Bonchev–Trinajstić information content (AvgIpc) is 3.46. The van der Waals surface area contributed by atoms with Crippen molar-refractivity contribution >= 4 is 63.6 Å². The van der Waals surface area contributed by atoms with Gasteiger partial charge in [-0.15, -0.1) is 0 Å². The first kappa shape index (κ1) is 36.6. The summed E-state index contributed by atoms with van der Waals surface area (Å²) in [4.78, 5) is 30.1. The Bertz CT molecular complexity index is 2230.